The van der Waals surface area contributed by atoms with E-state index in [-0.39, 0.29) is 17.2 Å². The summed E-state index contributed by atoms with van der Waals surface area (Å²) in [6, 6.07) is 9.44. The number of halogens is 6. The Labute approximate surface area is 184 Å². The van der Waals surface area contributed by atoms with E-state index in [0.29, 0.717) is 25.0 Å². The van der Waals surface area contributed by atoms with Gasteiger partial charge in [0.25, 0.3) is 0 Å². The minimum absolute atomic E-state index is 0.00803. The van der Waals surface area contributed by atoms with Crippen molar-refractivity contribution in [2.75, 3.05) is 11.1 Å². The number of hydrogen-bond donors (Lipinski definition) is 2. The highest BCUT2D eigenvalue weighted by atomic mass is 19.4. The average Bonchev–Trinajstić information content (AvgIpc) is 2.73. The Hall–Kier alpha value is -3.99. The van der Waals surface area contributed by atoms with Gasteiger partial charge in [0, 0.05) is 29.6 Å². The van der Waals surface area contributed by atoms with Crippen LogP contribution in [0.3, 0.4) is 0 Å². The van der Waals surface area contributed by atoms with Gasteiger partial charge in [-0.1, -0.05) is 0 Å². The summed E-state index contributed by atoms with van der Waals surface area (Å²) in [6.07, 6.45) is -5.94. The van der Waals surface area contributed by atoms with Gasteiger partial charge >= 0.3 is 12.4 Å². The molecule has 1 aliphatic rings. The highest BCUT2D eigenvalue weighted by Gasteiger charge is 2.34. The molecule has 0 aromatic heterocycles. The van der Waals surface area contributed by atoms with Gasteiger partial charge in [-0.25, -0.2) is 0 Å². The van der Waals surface area contributed by atoms with Crippen LogP contribution in [0.25, 0.3) is 0 Å². The molecule has 11 heteroatoms. The number of anilines is 2. The van der Waals surface area contributed by atoms with Crippen molar-refractivity contribution in [1.29, 1.82) is 10.5 Å². The fourth-order valence-electron chi connectivity index (χ4n) is 2.92. The van der Waals surface area contributed by atoms with E-state index in [9.17, 15) is 31.1 Å². The van der Waals surface area contributed by atoms with E-state index in [2.05, 4.69) is 5.32 Å². The lowest BCUT2D eigenvalue weighted by Gasteiger charge is -2.16. The van der Waals surface area contributed by atoms with Crippen LogP contribution in [0, 0.1) is 22.7 Å². The maximum atomic E-state index is 12.8. The molecule has 0 heterocycles. The standard InChI is InChI=1S/C14H11F3N2O.C8H5F3N2/c15-14(16,17)13-7-11(5-4-9(13)8-18)19-10-2-1-3-12(20)6-10;9-8(10,11)7-3-6(13)2-1-5(7)4-12/h4-7,19H,1-3H2;1-3H,13H2. The molecule has 0 saturated carbocycles. The summed E-state index contributed by atoms with van der Waals surface area (Å²) < 4.78 is 75.1. The summed E-state index contributed by atoms with van der Waals surface area (Å²) in [5, 5.41) is 19.9. The second-order valence-electron chi connectivity index (χ2n) is 6.90. The normalized spacial score (nSPS) is 13.7. The molecule has 0 aliphatic heterocycles. The van der Waals surface area contributed by atoms with Crippen molar-refractivity contribution in [3.8, 4) is 12.1 Å². The van der Waals surface area contributed by atoms with Gasteiger partial charge in [0.1, 0.15) is 0 Å². The van der Waals surface area contributed by atoms with Crippen LogP contribution in [0.2, 0.25) is 0 Å². The summed E-state index contributed by atoms with van der Waals surface area (Å²) in [5.41, 5.74) is 3.17. The molecule has 1 aliphatic carbocycles. The van der Waals surface area contributed by atoms with E-state index in [0.717, 1.165) is 24.3 Å². The molecule has 0 unspecified atom stereocenters. The molecule has 0 bridgehead atoms. The fraction of sp³-hybridized carbons (Fsp3) is 0.227. The SMILES string of the molecule is N#Cc1ccc(N)cc1C(F)(F)F.N#Cc1ccc(NC2=CC(=O)CCC2)cc1C(F)(F)F. The van der Waals surface area contributed by atoms with Crippen LogP contribution < -0.4 is 11.1 Å². The lowest BCUT2D eigenvalue weighted by molar-refractivity contribution is -0.138. The van der Waals surface area contributed by atoms with Crippen LogP contribution >= 0.6 is 0 Å². The quantitative estimate of drug-likeness (QED) is 0.431. The maximum absolute atomic E-state index is 12.8. The minimum Gasteiger partial charge on any atom is -0.399 e. The first kappa shape index (κ1) is 25.3. The number of nitrogen functional groups attached to an aromatic ring is 1. The Bertz CT molecular complexity index is 1150. The van der Waals surface area contributed by atoms with Crippen molar-refractivity contribution < 1.29 is 31.1 Å². The van der Waals surface area contributed by atoms with Crippen molar-refractivity contribution in [3.05, 3.63) is 70.4 Å². The number of benzene rings is 2. The Balaban J connectivity index is 0.000000257. The summed E-state index contributed by atoms with van der Waals surface area (Å²) in [6.45, 7) is 0. The van der Waals surface area contributed by atoms with Crippen molar-refractivity contribution in [2.45, 2.75) is 31.6 Å². The number of nitriles is 2. The fourth-order valence-corrected chi connectivity index (χ4v) is 2.92. The zero-order chi connectivity index (χ0) is 24.8. The Morgan fingerprint density at radius 2 is 1.39 bits per heavy atom. The first-order chi connectivity index (χ1) is 15.3. The van der Waals surface area contributed by atoms with Crippen molar-refractivity contribution in [3.63, 3.8) is 0 Å². The second-order valence-corrected chi connectivity index (χ2v) is 6.90. The van der Waals surface area contributed by atoms with E-state index in [1.54, 1.807) is 0 Å². The molecule has 33 heavy (non-hydrogen) atoms. The number of rotatable bonds is 2. The number of nitrogens with zero attached hydrogens (tertiary/aromatic N) is 2. The first-order valence-corrected chi connectivity index (χ1v) is 9.33. The van der Waals surface area contributed by atoms with Gasteiger partial charge in [-0.3, -0.25) is 4.79 Å². The van der Waals surface area contributed by atoms with Gasteiger partial charge in [-0.2, -0.15) is 36.9 Å². The smallest absolute Gasteiger partial charge is 0.399 e. The number of allylic oxidation sites excluding steroid dienone is 2. The number of carbonyl (C=O) groups is 1. The molecule has 172 valence electrons. The molecule has 3 N–H and O–H groups in total. The lowest BCUT2D eigenvalue weighted by Crippen LogP contribution is -2.11. The monoisotopic (exact) mass is 466 g/mol. The molecule has 0 radical (unpaired) electrons. The van der Waals surface area contributed by atoms with E-state index in [1.807, 2.05) is 0 Å². The predicted molar refractivity (Wildman–Crippen MR) is 107 cm³/mol. The number of nitrogens with one attached hydrogen (secondary N) is 1. The van der Waals surface area contributed by atoms with Gasteiger partial charge in [0.05, 0.1) is 34.4 Å². The van der Waals surface area contributed by atoms with Crippen LogP contribution in [0.4, 0.5) is 37.7 Å². The maximum Gasteiger partial charge on any atom is 0.417 e. The molecular formula is C22H16F6N4O. The largest absolute Gasteiger partial charge is 0.417 e. The van der Waals surface area contributed by atoms with Crippen molar-refractivity contribution in [2.24, 2.45) is 0 Å². The Kier molecular flexibility index (Phi) is 7.72. The number of carbonyl (C=O) groups excluding carboxylic acids is 1. The molecule has 0 atom stereocenters. The Morgan fingerprint density at radius 1 is 0.848 bits per heavy atom. The molecule has 0 saturated heterocycles. The lowest BCUT2D eigenvalue weighted by atomic mass is 10.0. The van der Waals surface area contributed by atoms with E-state index < -0.39 is 34.6 Å². The average molecular weight is 466 g/mol. The van der Waals surface area contributed by atoms with E-state index >= 15 is 0 Å². The third kappa shape index (κ3) is 7.01. The highest BCUT2D eigenvalue weighted by Crippen LogP contribution is 2.34. The molecule has 0 fully saturated rings. The molecular weight excluding hydrogens is 450 g/mol. The Morgan fingerprint density at radius 3 is 1.91 bits per heavy atom. The van der Waals surface area contributed by atoms with Crippen molar-refractivity contribution in [1.82, 2.24) is 0 Å². The van der Waals surface area contributed by atoms with Gasteiger partial charge in [-0.15, -0.1) is 0 Å². The predicted octanol–water partition coefficient (Wildman–Crippen LogP) is 5.79. The molecule has 3 rings (SSSR count). The third-order valence-electron chi connectivity index (χ3n) is 4.42. The zero-order valence-corrected chi connectivity index (χ0v) is 16.8. The topological polar surface area (TPSA) is 103 Å². The van der Waals surface area contributed by atoms with Crippen LogP contribution in [0.5, 0.6) is 0 Å². The molecule has 5 nitrogen and oxygen atoms in total. The van der Waals surface area contributed by atoms with Crippen LogP contribution in [0.15, 0.2) is 48.2 Å². The second kappa shape index (κ2) is 10.1. The van der Waals surface area contributed by atoms with Crippen LogP contribution in [-0.2, 0) is 17.1 Å². The number of hydrogen-bond acceptors (Lipinski definition) is 5. The van der Waals surface area contributed by atoms with Gasteiger partial charge in [0.2, 0.25) is 0 Å². The summed E-state index contributed by atoms with van der Waals surface area (Å²) >= 11 is 0. The van der Waals surface area contributed by atoms with Crippen LogP contribution in [0.1, 0.15) is 41.5 Å². The van der Waals surface area contributed by atoms with Gasteiger partial charge in [-0.05, 0) is 49.2 Å². The van der Waals surface area contributed by atoms with Gasteiger partial charge < -0.3 is 11.1 Å². The third-order valence-corrected chi connectivity index (χ3v) is 4.42. The first-order valence-electron chi connectivity index (χ1n) is 9.33. The van der Waals surface area contributed by atoms with E-state index in [4.69, 9.17) is 16.3 Å². The number of ketones is 1. The number of alkyl halides is 6. The molecule has 2 aromatic rings. The summed E-state index contributed by atoms with van der Waals surface area (Å²) in [5.74, 6) is -0.0385. The van der Waals surface area contributed by atoms with Crippen LogP contribution in [-0.4, -0.2) is 5.78 Å². The summed E-state index contributed by atoms with van der Waals surface area (Å²) in [4.78, 5) is 11.3. The molecule has 2 aromatic carbocycles. The van der Waals surface area contributed by atoms with Gasteiger partial charge in [0.15, 0.2) is 5.78 Å². The molecule has 0 spiro atoms. The highest BCUT2D eigenvalue weighted by molar-refractivity contribution is 5.91. The minimum atomic E-state index is -4.58. The van der Waals surface area contributed by atoms with Crippen molar-refractivity contribution >= 4 is 17.2 Å². The molecule has 0 amide bonds. The van der Waals surface area contributed by atoms with E-state index in [1.165, 1.54) is 30.3 Å². The summed E-state index contributed by atoms with van der Waals surface area (Å²) in [7, 11) is 0. The zero-order valence-electron chi connectivity index (χ0n) is 16.8. The number of nitrogens with two attached hydrogens (primary N) is 1.